The SMILES string of the molecule is O=C(O)CC1CCN(C(=O)CCCc2nc(-c3ccc(Cl)cc3)no2)CC1. The molecular formula is C19H22ClN3O4. The number of rotatable bonds is 7. The highest BCUT2D eigenvalue weighted by molar-refractivity contribution is 6.30. The molecule has 0 radical (unpaired) electrons. The van der Waals surface area contributed by atoms with Crippen LogP contribution in [0, 0.1) is 5.92 Å². The van der Waals surface area contributed by atoms with E-state index in [0.29, 0.717) is 49.1 Å². The second kappa shape index (κ2) is 8.99. The van der Waals surface area contributed by atoms with Gasteiger partial charge in [0, 0.05) is 42.9 Å². The normalized spacial score (nSPS) is 15.1. The Morgan fingerprint density at radius 3 is 2.59 bits per heavy atom. The van der Waals surface area contributed by atoms with E-state index in [1.165, 1.54) is 0 Å². The van der Waals surface area contributed by atoms with Crippen LogP contribution in [0.15, 0.2) is 28.8 Å². The van der Waals surface area contributed by atoms with Gasteiger partial charge in [0.25, 0.3) is 0 Å². The first-order chi connectivity index (χ1) is 13.0. The van der Waals surface area contributed by atoms with Crippen LogP contribution in [0.25, 0.3) is 11.4 Å². The van der Waals surface area contributed by atoms with Crippen LogP contribution in [0.4, 0.5) is 0 Å². The van der Waals surface area contributed by atoms with Crippen molar-refractivity contribution in [1.29, 1.82) is 0 Å². The third-order valence-electron chi connectivity index (χ3n) is 4.78. The lowest BCUT2D eigenvalue weighted by atomic mass is 9.93. The van der Waals surface area contributed by atoms with Crippen molar-refractivity contribution in [3.05, 3.63) is 35.2 Å². The molecule has 1 N–H and O–H groups in total. The van der Waals surface area contributed by atoms with Gasteiger partial charge < -0.3 is 14.5 Å². The predicted octanol–water partition coefficient (Wildman–Crippen LogP) is 3.43. The van der Waals surface area contributed by atoms with Crippen molar-refractivity contribution >= 4 is 23.5 Å². The highest BCUT2D eigenvalue weighted by Crippen LogP contribution is 2.22. The van der Waals surface area contributed by atoms with Crippen molar-refractivity contribution in [3.63, 3.8) is 0 Å². The maximum Gasteiger partial charge on any atom is 0.303 e. The lowest BCUT2D eigenvalue weighted by molar-refractivity contribution is -0.138. The summed E-state index contributed by atoms with van der Waals surface area (Å²) in [6.07, 6.45) is 3.30. The number of benzene rings is 1. The van der Waals surface area contributed by atoms with Gasteiger partial charge in [0.05, 0.1) is 0 Å². The molecule has 0 bridgehead atoms. The van der Waals surface area contributed by atoms with Gasteiger partial charge in [-0.3, -0.25) is 9.59 Å². The smallest absolute Gasteiger partial charge is 0.303 e. The molecule has 0 spiro atoms. The van der Waals surface area contributed by atoms with Crippen molar-refractivity contribution in [2.24, 2.45) is 5.92 Å². The summed E-state index contributed by atoms with van der Waals surface area (Å²) in [5.41, 5.74) is 0.828. The van der Waals surface area contributed by atoms with E-state index in [-0.39, 0.29) is 18.2 Å². The number of aryl methyl sites for hydroxylation is 1. The zero-order valence-electron chi connectivity index (χ0n) is 14.9. The van der Waals surface area contributed by atoms with Gasteiger partial charge in [0.1, 0.15) is 0 Å². The molecule has 1 fully saturated rings. The van der Waals surface area contributed by atoms with E-state index in [2.05, 4.69) is 10.1 Å². The average molecular weight is 392 g/mol. The van der Waals surface area contributed by atoms with Crippen LogP contribution in [-0.4, -0.2) is 45.1 Å². The fourth-order valence-corrected chi connectivity index (χ4v) is 3.38. The van der Waals surface area contributed by atoms with Gasteiger partial charge in [-0.15, -0.1) is 0 Å². The molecule has 1 saturated heterocycles. The first-order valence-electron chi connectivity index (χ1n) is 9.09. The topological polar surface area (TPSA) is 96.5 Å². The van der Waals surface area contributed by atoms with E-state index in [1.807, 2.05) is 17.0 Å². The van der Waals surface area contributed by atoms with Crippen molar-refractivity contribution in [3.8, 4) is 11.4 Å². The molecule has 0 unspecified atom stereocenters. The van der Waals surface area contributed by atoms with Gasteiger partial charge >= 0.3 is 5.97 Å². The number of carbonyl (C=O) groups is 2. The number of amides is 1. The van der Waals surface area contributed by atoms with Crippen LogP contribution < -0.4 is 0 Å². The summed E-state index contributed by atoms with van der Waals surface area (Å²) in [5.74, 6) is 0.524. The van der Waals surface area contributed by atoms with Crippen molar-refractivity contribution in [2.75, 3.05) is 13.1 Å². The van der Waals surface area contributed by atoms with E-state index < -0.39 is 5.97 Å². The molecule has 7 nitrogen and oxygen atoms in total. The number of nitrogens with zero attached hydrogens (tertiary/aromatic N) is 3. The third kappa shape index (κ3) is 5.53. The van der Waals surface area contributed by atoms with Gasteiger partial charge in [0.2, 0.25) is 17.6 Å². The fraction of sp³-hybridized carbons (Fsp3) is 0.474. The second-order valence-electron chi connectivity index (χ2n) is 6.79. The van der Waals surface area contributed by atoms with Gasteiger partial charge in [-0.2, -0.15) is 4.98 Å². The molecule has 0 saturated carbocycles. The quantitative estimate of drug-likeness (QED) is 0.776. The molecule has 27 heavy (non-hydrogen) atoms. The zero-order valence-corrected chi connectivity index (χ0v) is 15.7. The van der Waals surface area contributed by atoms with E-state index in [4.69, 9.17) is 21.2 Å². The monoisotopic (exact) mass is 391 g/mol. The molecule has 144 valence electrons. The molecule has 0 atom stereocenters. The van der Waals surface area contributed by atoms with Crippen molar-refractivity contribution in [2.45, 2.75) is 38.5 Å². The van der Waals surface area contributed by atoms with Crippen molar-refractivity contribution < 1.29 is 19.2 Å². The number of piperidine rings is 1. The third-order valence-corrected chi connectivity index (χ3v) is 5.03. The van der Waals surface area contributed by atoms with E-state index in [0.717, 1.165) is 18.4 Å². The number of aromatic nitrogens is 2. The summed E-state index contributed by atoms with van der Waals surface area (Å²) in [4.78, 5) is 29.2. The Balaban J connectivity index is 1.42. The Kier molecular flexibility index (Phi) is 6.45. The summed E-state index contributed by atoms with van der Waals surface area (Å²) in [6.45, 7) is 1.27. The van der Waals surface area contributed by atoms with Crippen LogP contribution in [0.1, 0.15) is 38.0 Å². The average Bonchev–Trinajstić information content (AvgIpc) is 3.11. The minimum absolute atomic E-state index is 0.0983. The number of likely N-dealkylation sites (tertiary alicyclic amines) is 1. The second-order valence-corrected chi connectivity index (χ2v) is 7.23. The Bertz CT molecular complexity index is 783. The van der Waals surface area contributed by atoms with Crippen molar-refractivity contribution in [1.82, 2.24) is 15.0 Å². The molecule has 1 aromatic carbocycles. The summed E-state index contributed by atoms with van der Waals surface area (Å²) in [7, 11) is 0. The number of hydrogen-bond donors (Lipinski definition) is 1. The Labute approximate surface area is 162 Å². The molecule has 0 aliphatic carbocycles. The van der Waals surface area contributed by atoms with E-state index in [1.54, 1.807) is 12.1 Å². The Hall–Kier alpha value is -2.41. The molecule has 2 heterocycles. The minimum atomic E-state index is -0.766. The molecule has 1 aliphatic rings. The fourth-order valence-electron chi connectivity index (χ4n) is 3.26. The molecule has 1 amide bonds. The van der Waals surface area contributed by atoms with Gasteiger partial charge in [0.15, 0.2) is 0 Å². The first-order valence-corrected chi connectivity index (χ1v) is 9.47. The maximum atomic E-state index is 12.3. The number of halogens is 1. The zero-order chi connectivity index (χ0) is 19.2. The van der Waals surface area contributed by atoms with Crippen LogP contribution in [-0.2, 0) is 16.0 Å². The number of aliphatic carboxylic acids is 1. The molecule has 2 aromatic rings. The minimum Gasteiger partial charge on any atom is -0.481 e. The summed E-state index contributed by atoms with van der Waals surface area (Å²) in [6, 6.07) is 7.19. The maximum absolute atomic E-state index is 12.3. The molecular weight excluding hydrogens is 370 g/mol. The lowest BCUT2D eigenvalue weighted by Gasteiger charge is -2.31. The molecule has 1 aliphatic heterocycles. The standard InChI is InChI=1S/C19H22ClN3O4/c20-15-6-4-14(5-7-15)19-21-16(27-22-19)2-1-3-17(24)23-10-8-13(9-11-23)12-18(25)26/h4-7,13H,1-3,8-12H2,(H,25,26). The van der Waals surface area contributed by atoms with Crippen LogP contribution >= 0.6 is 11.6 Å². The highest BCUT2D eigenvalue weighted by atomic mass is 35.5. The number of carbonyl (C=O) groups excluding carboxylic acids is 1. The highest BCUT2D eigenvalue weighted by Gasteiger charge is 2.24. The number of hydrogen-bond acceptors (Lipinski definition) is 5. The number of carboxylic acids is 1. The predicted molar refractivity (Wildman–Crippen MR) is 99.2 cm³/mol. The Morgan fingerprint density at radius 1 is 1.22 bits per heavy atom. The van der Waals surface area contributed by atoms with Gasteiger partial charge in [-0.1, -0.05) is 16.8 Å². The van der Waals surface area contributed by atoms with Crippen LogP contribution in [0.5, 0.6) is 0 Å². The summed E-state index contributed by atoms with van der Waals surface area (Å²) in [5, 5.41) is 13.5. The molecule has 1 aromatic heterocycles. The Morgan fingerprint density at radius 2 is 1.93 bits per heavy atom. The van der Waals surface area contributed by atoms with Crippen LogP contribution in [0.3, 0.4) is 0 Å². The number of carboxylic acid groups (broad SMARTS) is 1. The first kappa shape index (κ1) is 19.4. The molecule has 8 heteroatoms. The summed E-state index contributed by atoms with van der Waals surface area (Å²) >= 11 is 5.87. The molecule has 3 rings (SSSR count). The van der Waals surface area contributed by atoms with E-state index in [9.17, 15) is 9.59 Å². The lowest BCUT2D eigenvalue weighted by Crippen LogP contribution is -2.38. The van der Waals surface area contributed by atoms with Gasteiger partial charge in [-0.25, -0.2) is 0 Å². The van der Waals surface area contributed by atoms with Gasteiger partial charge in [-0.05, 0) is 49.4 Å². The van der Waals surface area contributed by atoms with Crippen LogP contribution in [0.2, 0.25) is 5.02 Å². The summed E-state index contributed by atoms with van der Waals surface area (Å²) < 4.78 is 5.25. The van der Waals surface area contributed by atoms with E-state index >= 15 is 0 Å². The largest absolute Gasteiger partial charge is 0.481 e.